The van der Waals surface area contributed by atoms with Crippen molar-refractivity contribution >= 4 is 11.6 Å². The molecular weight excluding hydrogens is 292 g/mol. The number of ketones is 2. The molecule has 2 aliphatic rings. The Labute approximate surface area is 138 Å². The smallest absolute Gasteiger partial charge is 0.159 e. The second kappa shape index (κ2) is 6.90. The molecule has 0 aliphatic heterocycles. The molecule has 0 fully saturated rings. The molecule has 2 aliphatic carbocycles. The summed E-state index contributed by atoms with van der Waals surface area (Å²) >= 11 is 0. The molecule has 0 spiro atoms. The number of hydrogen-bond acceptors (Lipinski definition) is 4. The first kappa shape index (κ1) is 17.8. The first-order valence-corrected chi connectivity index (χ1v) is 8.38. The monoisotopic (exact) mass is 320 g/mol. The predicted octanol–water partition coefficient (Wildman–Crippen LogP) is 3.96. The van der Waals surface area contributed by atoms with Gasteiger partial charge in [0.05, 0.1) is 13.2 Å². The van der Waals surface area contributed by atoms with Crippen LogP contribution in [0, 0.1) is 10.8 Å². The van der Waals surface area contributed by atoms with Gasteiger partial charge in [-0.15, -0.1) is 0 Å². The zero-order chi connectivity index (χ0) is 17.1. The molecular formula is C19H28O4. The van der Waals surface area contributed by atoms with Crippen LogP contribution in [0.5, 0.6) is 0 Å². The highest BCUT2D eigenvalue weighted by molar-refractivity contribution is 5.91. The molecule has 0 unspecified atom stereocenters. The first-order valence-electron chi connectivity index (χ1n) is 8.38. The Balaban J connectivity index is 1.70. The fourth-order valence-corrected chi connectivity index (χ4v) is 3.23. The fraction of sp³-hybridized carbons (Fsp3) is 0.684. The third-order valence-electron chi connectivity index (χ3n) is 4.12. The number of rotatable bonds is 6. The molecule has 0 aromatic rings. The minimum Gasteiger partial charge on any atom is -0.498 e. The SMILES string of the molecule is CC1(C)CC(=O)C=C(OCCCOC2=CC(=O)CC(C)(C)C2)C1. The van der Waals surface area contributed by atoms with Crippen molar-refractivity contribution in [2.75, 3.05) is 13.2 Å². The lowest BCUT2D eigenvalue weighted by Gasteiger charge is -2.29. The van der Waals surface area contributed by atoms with E-state index in [2.05, 4.69) is 27.7 Å². The van der Waals surface area contributed by atoms with E-state index in [9.17, 15) is 9.59 Å². The van der Waals surface area contributed by atoms with E-state index in [-0.39, 0.29) is 22.4 Å². The predicted molar refractivity (Wildman–Crippen MR) is 88.7 cm³/mol. The van der Waals surface area contributed by atoms with Crippen LogP contribution in [-0.2, 0) is 19.1 Å². The molecule has 0 atom stereocenters. The maximum absolute atomic E-state index is 11.7. The summed E-state index contributed by atoms with van der Waals surface area (Å²) in [6.07, 6.45) is 6.74. The van der Waals surface area contributed by atoms with Gasteiger partial charge in [-0.05, 0) is 10.8 Å². The molecule has 4 nitrogen and oxygen atoms in total. The summed E-state index contributed by atoms with van der Waals surface area (Å²) in [5.41, 5.74) is -0.0347. The molecule has 0 amide bonds. The Morgan fingerprint density at radius 2 is 1.17 bits per heavy atom. The number of ether oxygens (including phenoxy) is 2. The number of hydrogen-bond donors (Lipinski definition) is 0. The topological polar surface area (TPSA) is 52.6 Å². The van der Waals surface area contributed by atoms with Crippen LogP contribution in [0.15, 0.2) is 23.7 Å². The Kier molecular flexibility index (Phi) is 5.33. The van der Waals surface area contributed by atoms with E-state index < -0.39 is 0 Å². The van der Waals surface area contributed by atoms with Gasteiger partial charge in [-0.3, -0.25) is 9.59 Å². The van der Waals surface area contributed by atoms with Gasteiger partial charge in [-0.1, -0.05) is 27.7 Å². The van der Waals surface area contributed by atoms with Gasteiger partial charge in [0.15, 0.2) is 11.6 Å². The summed E-state index contributed by atoms with van der Waals surface area (Å²) < 4.78 is 11.4. The largest absolute Gasteiger partial charge is 0.498 e. The standard InChI is InChI=1S/C19H28O4/c1-18(2)10-14(20)8-16(12-18)22-6-5-7-23-17-9-15(21)11-19(3,4)13-17/h8-9H,5-7,10-13H2,1-4H3. The summed E-state index contributed by atoms with van der Waals surface area (Å²) in [6, 6.07) is 0. The van der Waals surface area contributed by atoms with Crippen molar-refractivity contribution in [2.45, 2.75) is 59.8 Å². The van der Waals surface area contributed by atoms with Crippen LogP contribution in [0.3, 0.4) is 0 Å². The van der Waals surface area contributed by atoms with Crippen LogP contribution in [0.1, 0.15) is 59.8 Å². The number of carbonyl (C=O) groups excluding carboxylic acids is 2. The molecule has 2 rings (SSSR count). The summed E-state index contributed by atoms with van der Waals surface area (Å²) in [5.74, 6) is 1.83. The Bertz CT molecular complexity index is 490. The van der Waals surface area contributed by atoms with Crippen molar-refractivity contribution in [1.29, 1.82) is 0 Å². The second-order valence-corrected chi connectivity index (χ2v) is 8.24. The Morgan fingerprint density at radius 3 is 1.52 bits per heavy atom. The number of allylic oxidation sites excluding steroid dienone is 4. The lowest BCUT2D eigenvalue weighted by atomic mass is 9.79. The average molecular weight is 320 g/mol. The van der Waals surface area contributed by atoms with Gasteiger partial charge in [-0.2, -0.15) is 0 Å². The van der Waals surface area contributed by atoms with Crippen molar-refractivity contribution in [3.8, 4) is 0 Å². The number of carbonyl (C=O) groups is 2. The van der Waals surface area contributed by atoms with Gasteiger partial charge < -0.3 is 9.47 Å². The van der Waals surface area contributed by atoms with E-state index in [1.807, 2.05) is 0 Å². The highest BCUT2D eigenvalue weighted by atomic mass is 16.5. The van der Waals surface area contributed by atoms with Gasteiger partial charge in [0.25, 0.3) is 0 Å². The quantitative estimate of drug-likeness (QED) is 0.695. The minimum absolute atomic E-state index is 0.0173. The lowest BCUT2D eigenvalue weighted by molar-refractivity contribution is -0.118. The van der Waals surface area contributed by atoms with Crippen LogP contribution < -0.4 is 0 Å². The van der Waals surface area contributed by atoms with Crippen molar-refractivity contribution in [3.63, 3.8) is 0 Å². The maximum Gasteiger partial charge on any atom is 0.159 e. The van der Waals surface area contributed by atoms with Crippen LogP contribution in [0.2, 0.25) is 0 Å². The van der Waals surface area contributed by atoms with E-state index in [4.69, 9.17) is 9.47 Å². The molecule has 128 valence electrons. The van der Waals surface area contributed by atoms with Crippen LogP contribution >= 0.6 is 0 Å². The van der Waals surface area contributed by atoms with Crippen molar-refractivity contribution in [2.24, 2.45) is 10.8 Å². The first-order chi connectivity index (χ1) is 10.7. The summed E-state index contributed by atoms with van der Waals surface area (Å²) in [4.78, 5) is 23.3. The fourth-order valence-electron chi connectivity index (χ4n) is 3.23. The minimum atomic E-state index is -0.0173. The second-order valence-electron chi connectivity index (χ2n) is 8.24. The molecule has 4 heteroatoms. The third-order valence-corrected chi connectivity index (χ3v) is 4.12. The lowest BCUT2D eigenvalue weighted by Crippen LogP contribution is -2.23. The Hall–Kier alpha value is -1.58. The normalized spacial score (nSPS) is 23.1. The van der Waals surface area contributed by atoms with E-state index in [1.165, 1.54) is 0 Å². The average Bonchev–Trinajstić information content (AvgIpc) is 2.33. The molecule has 0 N–H and O–H groups in total. The van der Waals surface area contributed by atoms with E-state index in [0.717, 1.165) is 30.8 Å². The van der Waals surface area contributed by atoms with Crippen molar-refractivity contribution in [3.05, 3.63) is 23.7 Å². The van der Waals surface area contributed by atoms with Crippen LogP contribution in [-0.4, -0.2) is 24.8 Å². The molecule has 0 bridgehead atoms. The van der Waals surface area contributed by atoms with Gasteiger partial charge >= 0.3 is 0 Å². The van der Waals surface area contributed by atoms with E-state index >= 15 is 0 Å². The Morgan fingerprint density at radius 1 is 0.783 bits per heavy atom. The summed E-state index contributed by atoms with van der Waals surface area (Å²) in [6.45, 7) is 9.38. The van der Waals surface area contributed by atoms with Crippen LogP contribution in [0.25, 0.3) is 0 Å². The molecule has 0 heterocycles. The summed E-state index contributed by atoms with van der Waals surface area (Å²) in [5, 5.41) is 0. The van der Waals surface area contributed by atoms with Gasteiger partial charge in [-0.25, -0.2) is 0 Å². The van der Waals surface area contributed by atoms with Gasteiger partial charge in [0.1, 0.15) is 11.5 Å². The molecule has 0 saturated heterocycles. The molecule has 0 aromatic carbocycles. The van der Waals surface area contributed by atoms with Crippen molar-refractivity contribution in [1.82, 2.24) is 0 Å². The van der Waals surface area contributed by atoms with Gasteiger partial charge in [0.2, 0.25) is 0 Å². The molecule has 23 heavy (non-hydrogen) atoms. The van der Waals surface area contributed by atoms with Gasteiger partial charge in [0, 0.05) is 44.3 Å². The zero-order valence-electron chi connectivity index (χ0n) is 14.7. The highest BCUT2D eigenvalue weighted by Crippen LogP contribution is 2.35. The highest BCUT2D eigenvalue weighted by Gasteiger charge is 2.29. The maximum atomic E-state index is 11.7. The molecule has 0 saturated carbocycles. The van der Waals surface area contributed by atoms with Crippen molar-refractivity contribution < 1.29 is 19.1 Å². The third kappa shape index (κ3) is 5.85. The zero-order valence-corrected chi connectivity index (χ0v) is 14.7. The molecule has 0 aromatic heterocycles. The molecule has 0 radical (unpaired) electrons. The van der Waals surface area contributed by atoms with E-state index in [1.54, 1.807) is 12.2 Å². The summed E-state index contributed by atoms with van der Waals surface area (Å²) in [7, 11) is 0. The van der Waals surface area contributed by atoms with E-state index in [0.29, 0.717) is 26.1 Å². The van der Waals surface area contributed by atoms with Crippen LogP contribution in [0.4, 0.5) is 0 Å².